The number of rotatable bonds is 4. The Balaban J connectivity index is 2.16. The van der Waals surface area contributed by atoms with Gasteiger partial charge in [0.25, 0.3) is 5.91 Å². The summed E-state index contributed by atoms with van der Waals surface area (Å²) in [5, 5.41) is 11.8. The van der Waals surface area contributed by atoms with Crippen LogP contribution in [0.25, 0.3) is 0 Å². The molecule has 1 atom stereocenters. The number of benzene rings is 1. The zero-order valence-corrected chi connectivity index (χ0v) is 10.4. The third kappa shape index (κ3) is 2.90. The molecule has 1 heterocycles. The van der Waals surface area contributed by atoms with Gasteiger partial charge in [-0.3, -0.25) is 4.79 Å². The number of phenols is 1. The summed E-state index contributed by atoms with van der Waals surface area (Å²) in [5.41, 5.74) is -0.109. The number of amides is 1. The van der Waals surface area contributed by atoms with Gasteiger partial charge in [0.05, 0.1) is 11.6 Å². The van der Waals surface area contributed by atoms with Crippen LogP contribution in [0.5, 0.6) is 5.75 Å². The van der Waals surface area contributed by atoms with Crippen molar-refractivity contribution in [2.24, 2.45) is 0 Å². The second-order valence-electron chi connectivity index (χ2n) is 4.07. The molecule has 0 aliphatic carbocycles. The Bertz CT molecular complexity index is 569. The van der Waals surface area contributed by atoms with Gasteiger partial charge in [-0.2, -0.15) is 0 Å². The Morgan fingerprint density at radius 1 is 1.58 bits per heavy atom. The van der Waals surface area contributed by atoms with E-state index in [1.165, 1.54) is 12.1 Å². The zero-order valence-electron chi connectivity index (χ0n) is 10.4. The van der Waals surface area contributed by atoms with Crippen molar-refractivity contribution in [3.8, 4) is 5.75 Å². The molecule has 0 radical (unpaired) electrons. The van der Waals surface area contributed by atoms with E-state index in [1.54, 1.807) is 12.4 Å². The molecule has 1 aromatic carbocycles. The summed E-state index contributed by atoms with van der Waals surface area (Å²) in [4.78, 5) is 18.9. The van der Waals surface area contributed by atoms with Gasteiger partial charge in [-0.15, -0.1) is 0 Å². The first-order chi connectivity index (χ1) is 9.11. The van der Waals surface area contributed by atoms with Crippen molar-refractivity contribution < 1.29 is 14.3 Å². The quantitative estimate of drug-likeness (QED) is 0.790. The molecule has 1 aromatic heterocycles. The highest BCUT2D eigenvalue weighted by atomic mass is 19.1. The number of phenolic OH excluding ortho intramolecular Hbond substituents is 1. The topological polar surface area (TPSA) is 78.0 Å². The minimum atomic E-state index is -0.758. The molecule has 5 nitrogen and oxygen atoms in total. The fourth-order valence-corrected chi connectivity index (χ4v) is 1.76. The van der Waals surface area contributed by atoms with Gasteiger partial charge < -0.3 is 15.4 Å². The summed E-state index contributed by atoms with van der Waals surface area (Å²) in [7, 11) is 0. The fourth-order valence-electron chi connectivity index (χ4n) is 1.76. The lowest BCUT2D eigenvalue weighted by molar-refractivity contribution is 0.0930. The number of nitrogens with zero attached hydrogens (tertiary/aromatic N) is 1. The monoisotopic (exact) mass is 263 g/mol. The number of aromatic hydroxyl groups is 1. The number of hydrogen-bond donors (Lipinski definition) is 3. The highest BCUT2D eigenvalue weighted by molar-refractivity contribution is 5.94. The average Bonchev–Trinajstić information content (AvgIpc) is 2.89. The van der Waals surface area contributed by atoms with Gasteiger partial charge in [0.1, 0.15) is 17.4 Å². The van der Waals surface area contributed by atoms with Crippen LogP contribution >= 0.6 is 0 Å². The molecule has 2 aromatic rings. The summed E-state index contributed by atoms with van der Waals surface area (Å²) < 4.78 is 13.6. The summed E-state index contributed by atoms with van der Waals surface area (Å²) in [6.07, 6.45) is 3.87. The lowest BCUT2D eigenvalue weighted by Crippen LogP contribution is -2.29. The summed E-state index contributed by atoms with van der Waals surface area (Å²) in [5.74, 6) is -0.894. The van der Waals surface area contributed by atoms with Gasteiger partial charge >= 0.3 is 0 Å². The SMILES string of the molecule is CCC(NC(=O)c1ccc(O)cc1F)c1ncc[nH]1. The maximum absolute atomic E-state index is 13.6. The van der Waals surface area contributed by atoms with E-state index in [4.69, 9.17) is 5.11 Å². The molecular formula is C13H14FN3O2. The first-order valence-corrected chi connectivity index (χ1v) is 5.90. The molecule has 100 valence electrons. The Morgan fingerprint density at radius 2 is 2.37 bits per heavy atom. The van der Waals surface area contributed by atoms with Crippen LogP contribution in [-0.2, 0) is 0 Å². The second kappa shape index (κ2) is 5.51. The number of nitrogens with one attached hydrogen (secondary N) is 2. The second-order valence-corrected chi connectivity index (χ2v) is 4.07. The highest BCUT2D eigenvalue weighted by Crippen LogP contribution is 2.17. The van der Waals surface area contributed by atoms with Crippen molar-refractivity contribution >= 4 is 5.91 Å². The lowest BCUT2D eigenvalue weighted by atomic mass is 10.1. The molecule has 0 saturated carbocycles. The third-order valence-corrected chi connectivity index (χ3v) is 2.76. The predicted octanol–water partition coefficient (Wildman–Crippen LogP) is 2.14. The first kappa shape index (κ1) is 13.1. The van der Waals surface area contributed by atoms with E-state index in [0.29, 0.717) is 12.2 Å². The largest absolute Gasteiger partial charge is 0.508 e. The molecule has 2 rings (SSSR count). The number of carbonyl (C=O) groups excluding carboxylic acids is 1. The number of aromatic nitrogens is 2. The smallest absolute Gasteiger partial charge is 0.254 e. The van der Waals surface area contributed by atoms with Crippen molar-refractivity contribution in [1.82, 2.24) is 15.3 Å². The van der Waals surface area contributed by atoms with Crippen molar-refractivity contribution in [3.63, 3.8) is 0 Å². The van der Waals surface area contributed by atoms with Crippen LogP contribution in [0.1, 0.15) is 35.6 Å². The first-order valence-electron chi connectivity index (χ1n) is 5.90. The van der Waals surface area contributed by atoms with E-state index < -0.39 is 11.7 Å². The standard InChI is InChI=1S/C13H14FN3O2/c1-2-11(12-15-5-6-16-12)17-13(19)9-4-3-8(18)7-10(9)14/h3-7,11,18H,2H2,1H3,(H,15,16)(H,17,19). The molecule has 0 spiro atoms. The zero-order chi connectivity index (χ0) is 13.8. The number of halogens is 1. The molecule has 1 unspecified atom stereocenters. The fraction of sp³-hybridized carbons (Fsp3) is 0.231. The summed E-state index contributed by atoms with van der Waals surface area (Å²) in [6, 6.07) is 3.11. The minimum absolute atomic E-state index is 0.109. The van der Waals surface area contributed by atoms with Crippen LogP contribution in [0.15, 0.2) is 30.6 Å². The molecule has 0 bridgehead atoms. The number of aromatic amines is 1. The molecule has 0 aliphatic heterocycles. The van der Waals surface area contributed by atoms with Crippen LogP contribution in [-0.4, -0.2) is 21.0 Å². The molecule has 1 amide bonds. The highest BCUT2D eigenvalue weighted by Gasteiger charge is 2.18. The Labute approximate surface area is 109 Å². The molecular weight excluding hydrogens is 249 g/mol. The Kier molecular flexibility index (Phi) is 3.79. The minimum Gasteiger partial charge on any atom is -0.508 e. The van der Waals surface area contributed by atoms with Crippen LogP contribution in [0.2, 0.25) is 0 Å². The van der Waals surface area contributed by atoms with Gasteiger partial charge in [-0.25, -0.2) is 9.37 Å². The number of hydrogen-bond acceptors (Lipinski definition) is 3. The lowest BCUT2D eigenvalue weighted by Gasteiger charge is -2.15. The van der Waals surface area contributed by atoms with Crippen LogP contribution < -0.4 is 5.32 Å². The van der Waals surface area contributed by atoms with E-state index in [9.17, 15) is 9.18 Å². The van der Waals surface area contributed by atoms with Crippen molar-refractivity contribution in [3.05, 3.63) is 47.8 Å². The maximum Gasteiger partial charge on any atom is 0.254 e. The normalized spacial score (nSPS) is 12.1. The molecule has 19 heavy (non-hydrogen) atoms. The molecule has 6 heteroatoms. The number of imidazole rings is 1. The molecule has 0 fully saturated rings. The molecule has 0 saturated heterocycles. The van der Waals surface area contributed by atoms with Gasteiger partial charge in [0.15, 0.2) is 0 Å². The van der Waals surface area contributed by atoms with Crippen molar-refractivity contribution in [1.29, 1.82) is 0 Å². The average molecular weight is 263 g/mol. The summed E-state index contributed by atoms with van der Waals surface area (Å²) in [6.45, 7) is 1.89. The van der Waals surface area contributed by atoms with Crippen LogP contribution in [0.3, 0.4) is 0 Å². The number of H-pyrrole nitrogens is 1. The van der Waals surface area contributed by atoms with Crippen molar-refractivity contribution in [2.45, 2.75) is 19.4 Å². The van der Waals surface area contributed by atoms with E-state index >= 15 is 0 Å². The van der Waals surface area contributed by atoms with E-state index in [-0.39, 0.29) is 17.4 Å². The third-order valence-electron chi connectivity index (χ3n) is 2.76. The Morgan fingerprint density at radius 3 is 2.95 bits per heavy atom. The molecule has 0 aliphatic rings. The van der Waals surface area contributed by atoms with Crippen LogP contribution in [0, 0.1) is 5.82 Å². The van der Waals surface area contributed by atoms with E-state index in [2.05, 4.69) is 15.3 Å². The predicted molar refractivity (Wildman–Crippen MR) is 67.2 cm³/mol. The van der Waals surface area contributed by atoms with E-state index in [0.717, 1.165) is 6.07 Å². The van der Waals surface area contributed by atoms with Gasteiger partial charge in [-0.05, 0) is 18.6 Å². The van der Waals surface area contributed by atoms with Gasteiger partial charge in [0.2, 0.25) is 0 Å². The van der Waals surface area contributed by atoms with Crippen LogP contribution in [0.4, 0.5) is 4.39 Å². The summed E-state index contributed by atoms with van der Waals surface area (Å²) >= 11 is 0. The molecule has 3 N–H and O–H groups in total. The number of carbonyl (C=O) groups is 1. The Hall–Kier alpha value is -2.37. The maximum atomic E-state index is 13.6. The van der Waals surface area contributed by atoms with E-state index in [1.807, 2.05) is 6.92 Å². The van der Waals surface area contributed by atoms with Gasteiger partial charge in [0, 0.05) is 18.5 Å². The van der Waals surface area contributed by atoms with Gasteiger partial charge in [-0.1, -0.05) is 6.92 Å². The van der Waals surface area contributed by atoms with Crippen molar-refractivity contribution in [2.75, 3.05) is 0 Å².